The van der Waals surface area contributed by atoms with E-state index in [2.05, 4.69) is 29.5 Å². The number of aryl methyl sites for hydroxylation is 1. The summed E-state index contributed by atoms with van der Waals surface area (Å²) in [5.41, 5.74) is 3.25. The monoisotopic (exact) mass is 290 g/mol. The second kappa shape index (κ2) is 6.80. The number of halogens is 1. The molecule has 0 radical (unpaired) electrons. The van der Waals surface area contributed by atoms with Gasteiger partial charge in [0.05, 0.1) is 11.7 Å². The van der Waals surface area contributed by atoms with Gasteiger partial charge in [-0.3, -0.25) is 0 Å². The Hall–Kier alpha value is -1.75. The van der Waals surface area contributed by atoms with E-state index in [1.165, 1.54) is 6.07 Å². The van der Waals surface area contributed by atoms with E-state index in [0.29, 0.717) is 5.69 Å². The van der Waals surface area contributed by atoms with Crippen molar-refractivity contribution < 1.29 is 4.39 Å². The van der Waals surface area contributed by atoms with Gasteiger partial charge in [-0.05, 0) is 37.9 Å². The van der Waals surface area contributed by atoms with Crippen LogP contribution < -0.4 is 5.32 Å². The van der Waals surface area contributed by atoms with Gasteiger partial charge in [-0.1, -0.05) is 38.1 Å². The van der Waals surface area contributed by atoms with Gasteiger partial charge in [0.15, 0.2) is 0 Å². The molecule has 5 heteroatoms. The van der Waals surface area contributed by atoms with Crippen LogP contribution >= 0.6 is 0 Å². The van der Waals surface area contributed by atoms with Crippen molar-refractivity contribution in [3.8, 4) is 5.69 Å². The SMILES string of the molecule is CCNC(CC)c1nnn(-c2c(C)cccc2F)c1CC. The van der Waals surface area contributed by atoms with Crippen LogP contribution in [-0.4, -0.2) is 21.5 Å². The van der Waals surface area contributed by atoms with E-state index in [0.717, 1.165) is 36.3 Å². The highest BCUT2D eigenvalue weighted by Crippen LogP contribution is 2.24. The summed E-state index contributed by atoms with van der Waals surface area (Å²) in [5, 5.41) is 11.9. The number of nitrogens with one attached hydrogen (secondary N) is 1. The van der Waals surface area contributed by atoms with Crippen LogP contribution in [0.3, 0.4) is 0 Å². The van der Waals surface area contributed by atoms with Gasteiger partial charge in [-0.25, -0.2) is 9.07 Å². The minimum Gasteiger partial charge on any atom is -0.309 e. The predicted octanol–water partition coefficient (Wildman–Crippen LogP) is 3.34. The minimum atomic E-state index is -0.266. The maximum Gasteiger partial charge on any atom is 0.149 e. The highest BCUT2D eigenvalue weighted by molar-refractivity contribution is 5.42. The molecular formula is C16H23FN4. The van der Waals surface area contributed by atoms with E-state index < -0.39 is 0 Å². The van der Waals surface area contributed by atoms with Crippen molar-refractivity contribution in [1.29, 1.82) is 0 Å². The van der Waals surface area contributed by atoms with E-state index in [-0.39, 0.29) is 11.9 Å². The molecule has 0 fully saturated rings. The normalized spacial score (nSPS) is 12.6. The van der Waals surface area contributed by atoms with Crippen molar-refractivity contribution in [1.82, 2.24) is 20.3 Å². The number of nitrogens with zero attached hydrogens (tertiary/aromatic N) is 3. The van der Waals surface area contributed by atoms with Crippen LogP contribution in [0.4, 0.5) is 4.39 Å². The molecule has 0 saturated heterocycles. The van der Waals surface area contributed by atoms with Gasteiger partial charge in [0.25, 0.3) is 0 Å². The largest absolute Gasteiger partial charge is 0.309 e. The highest BCUT2D eigenvalue weighted by atomic mass is 19.1. The lowest BCUT2D eigenvalue weighted by Crippen LogP contribution is -2.22. The summed E-state index contributed by atoms with van der Waals surface area (Å²) in [6.45, 7) is 8.99. The Labute approximate surface area is 125 Å². The topological polar surface area (TPSA) is 42.7 Å². The summed E-state index contributed by atoms with van der Waals surface area (Å²) in [4.78, 5) is 0. The molecule has 0 saturated carbocycles. The van der Waals surface area contributed by atoms with Crippen molar-refractivity contribution in [3.05, 3.63) is 41.0 Å². The number of hydrogen-bond acceptors (Lipinski definition) is 3. The Morgan fingerprint density at radius 3 is 2.62 bits per heavy atom. The van der Waals surface area contributed by atoms with Crippen LogP contribution in [0.25, 0.3) is 5.69 Å². The smallest absolute Gasteiger partial charge is 0.149 e. The van der Waals surface area contributed by atoms with Crippen molar-refractivity contribution in [2.24, 2.45) is 0 Å². The van der Waals surface area contributed by atoms with Crippen LogP contribution in [0, 0.1) is 12.7 Å². The summed E-state index contributed by atoms with van der Waals surface area (Å²) in [5.74, 6) is -0.266. The maximum atomic E-state index is 14.2. The van der Waals surface area contributed by atoms with Crippen molar-refractivity contribution in [2.75, 3.05) is 6.54 Å². The molecule has 1 N–H and O–H groups in total. The van der Waals surface area contributed by atoms with Gasteiger partial charge in [-0.15, -0.1) is 5.10 Å². The van der Waals surface area contributed by atoms with Gasteiger partial charge in [0, 0.05) is 0 Å². The molecule has 1 atom stereocenters. The fourth-order valence-corrected chi connectivity index (χ4v) is 2.67. The standard InChI is InChI=1S/C16H23FN4/c1-5-13(18-7-3)15-14(6-2)21(20-19-15)16-11(4)9-8-10-12(16)17/h8-10,13,18H,5-7H2,1-4H3. The summed E-state index contributed by atoms with van der Waals surface area (Å²) in [7, 11) is 0. The molecule has 1 unspecified atom stereocenters. The van der Waals surface area contributed by atoms with Crippen molar-refractivity contribution in [3.63, 3.8) is 0 Å². The van der Waals surface area contributed by atoms with Crippen LogP contribution in [0.1, 0.15) is 50.2 Å². The number of para-hydroxylation sites is 1. The molecule has 0 aliphatic heterocycles. The number of hydrogen-bond donors (Lipinski definition) is 1. The second-order valence-corrected chi connectivity index (χ2v) is 5.11. The summed E-state index contributed by atoms with van der Waals surface area (Å²) in [6, 6.07) is 5.22. The third-order valence-electron chi connectivity index (χ3n) is 3.72. The Kier molecular flexibility index (Phi) is 5.07. The van der Waals surface area contributed by atoms with Gasteiger partial charge >= 0.3 is 0 Å². The van der Waals surface area contributed by atoms with E-state index in [4.69, 9.17) is 0 Å². The van der Waals surface area contributed by atoms with Crippen molar-refractivity contribution in [2.45, 2.75) is 46.6 Å². The average Bonchev–Trinajstić information content (AvgIpc) is 2.88. The van der Waals surface area contributed by atoms with Crippen LogP contribution in [-0.2, 0) is 6.42 Å². The number of benzene rings is 1. The first-order valence-corrected chi connectivity index (χ1v) is 7.57. The first-order valence-electron chi connectivity index (χ1n) is 7.57. The number of aromatic nitrogens is 3. The zero-order valence-corrected chi connectivity index (χ0v) is 13.2. The lowest BCUT2D eigenvalue weighted by atomic mass is 10.1. The van der Waals surface area contributed by atoms with Gasteiger partial charge in [0.1, 0.15) is 17.2 Å². The first-order chi connectivity index (χ1) is 10.1. The molecule has 2 rings (SSSR count). The van der Waals surface area contributed by atoms with E-state index in [9.17, 15) is 4.39 Å². The van der Waals surface area contributed by atoms with Crippen LogP contribution in [0.2, 0.25) is 0 Å². The Bertz CT molecular complexity index is 586. The molecule has 0 aliphatic rings. The Morgan fingerprint density at radius 2 is 2.05 bits per heavy atom. The van der Waals surface area contributed by atoms with Gasteiger partial charge in [-0.2, -0.15) is 0 Å². The second-order valence-electron chi connectivity index (χ2n) is 5.11. The van der Waals surface area contributed by atoms with Gasteiger partial charge < -0.3 is 5.32 Å². The maximum absolute atomic E-state index is 14.2. The van der Waals surface area contributed by atoms with Crippen molar-refractivity contribution >= 4 is 0 Å². The minimum absolute atomic E-state index is 0.158. The fraction of sp³-hybridized carbons (Fsp3) is 0.500. The zero-order valence-electron chi connectivity index (χ0n) is 13.2. The van der Waals surface area contributed by atoms with Gasteiger partial charge in [0.2, 0.25) is 0 Å². The molecule has 1 aromatic heterocycles. The quantitative estimate of drug-likeness (QED) is 0.887. The summed E-state index contributed by atoms with van der Waals surface area (Å²) >= 11 is 0. The Morgan fingerprint density at radius 1 is 1.29 bits per heavy atom. The molecule has 4 nitrogen and oxygen atoms in total. The molecule has 2 aromatic rings. The van der Waals surface area contributed by atoms with E-state index in [1.54, 1.807) is 10.7 Å². The molecule has 0 bridgehead atoms. The molecule has 0 aliphatic carbocycles. The molecule has 0 amide bonds. The van der Waals surface area contributed by atoms with E-state index in [1.807, 2.05) is 19.9 Å². The van der Waals surface area contributed by atoms with E-state index >= 15 is 0 Å². The zero-order chi connectivity index (χ0) is 15.4. The summed E-state index contributed by atoms with van der Waals surface area (Å²) in [6.07, 6.45) is 1.69. The van der Waals surface area contributed by atoms with Crippen LogP contribution in [0.15, 0.2) is 18.2 Å². The predicted molar refractivity (Wildman–Crippen MR) is 82.1 cm³/mol. The molecule has 21 heavy (non-hydrogen) atoms. The first kappa shape index (κ1) is 15.6. The fourth-order valence-electron chi connectivity index (χ4n) is 2.67. The Balaban J connectivity index is 2.54. The third kappa shape index (κ3) is 2.97. The molecule has 1 heterocycles. The third-order valence-corrected chi connectivity index (χ3v) is 3.72. The molecule has 1 aromatic carbocycles. The number of rotatable bonds is 6. The highest BCUT2D eigenvalue weighted by Gasteiger charge is 2.21. The lowest BCUT2D eigenvalue weighted by Gasteiger charge is -2.15. The molecule has 0 spiro atoms. The molecular weight excluding hydrogens is 267 g/mol. The molecule has 114 valence electrons. The average molecular weight is 290 g/mol. The van der Waals surface area contributed by atoms with Crippen LogP contribution in [0.5, 0.6) is 0 Å². The lowest BCUT2D eigenvalue weighted by molar-refractivity contribution is 0.520. The summed E-state index contributed by atoms with van der Waals surface area (Å²) < 4.78 is 15.8.